The van der Waals surface area contributed by atoms with Crippen LogP contribution in [0.4, 0.5) is 0 Å². The summed E-state index contributed by atoms with van der Waals surface area (Å²) in [4.78, 5) is 22.5. The van der Waals surface area contributed by atoms with Crippen LogP contribution in [0.3, 0.4) is 0 Å². The molecule has 0 spiro atoms. The maximum Gasteiger partial charge on any atom is 0.266 e. The quantitative estimate of drug-likeness (QED) is 0.375. The normalized spacial score (nSPS) is 12.4. The molecule has 1 unspecified atom stereocenters. The lowest BCUT2D eigenvalue weighted by Gasteiger charge is -2.16. The maximum atomic E-state index is 13.4. The molecule has 4 aromatic rings. The van der Waals surface area contributed by atoms with Crippen molar-refractivity contribution in [3.8, 4) is 5.69 Å². The van der Waals surface area contributed by atoms with Crippen LogP contribution in [-0.2, 0) is 0 Å². The predicted molar refractivity (Wildman–Crippen MR) is 110 cm³/mol. The number of nitrogens with zero attached hydrogens (tertiary/aromatic N) is 4. The second kappa shape index (κ2) is 7.24. The molecule has 142 valence electrons. The van der Waals surface area contributed by atoms with E-state index in [9.17, 15) is 4.79 Å². The molecule has 0 aliphatic rings. The van der Waals surface area contributed by atoms with Gasteiger partial charge in [0.15, 0.2) is 11.0 Å². The van der Waals surface area contributed by atoms with Crippen molar-refractivity contribution in [2.24, 2.45) is 0 Å². The molecule has 1 atom stereocenters. The van der Waals surface area contributed by atoms with Crippen molar-refractivity contribution < 1.29 is 4.52 Å². The predicted octanol–water partition coefficient (Wildman–Crippen LogP) is 4.55. The van der Waals surface area contributed by atoms with E-state index in [4.69, 9.17) is 9.51 Å². The third kappa shape index (κ3) is 3.33. The lowest BCUT2D eigenvalue weighted by atomic mass is 10.1. The maximum absolute atomic E-state index is 13.4. The van der Waals surface area contributed by atoms with Crippen LogP contribution in [-0.4, -0.2) is 19.7 Å². The Morgan fingerprint density at radius 1 is 1.07 bits per heavy atom. The number of aromatic nitrogens is 4. The Hall–Kier alpha value is -2.93. The molecular weight excluding hydrogens is 372 g/mol. The minimum absolute atomic E-state index is 0.0889. The smallest absolute Gasteiger partial charge is 0.266 e. The summed E-state index contributed by atoms with van der Waals surface area (Å²) in [6.45, 7) is 7.78. The van der Waals surface area contributed by atoms with Gasteiger partial charge in [0, 0.05) is 0 Å². The summed E-state index contributed by atoms with van der Waals surface area (Å²) in [5.74, 6) is 1.10. The largest absolute Gasteiger partial charge is 0.338 e. The van der Waals surface area contributed by atoms with E-state index in [1.165, 1.54) is 11.8 Å². The fraction of sp³-hybridized carbons (Fsp3) is 0.238. The van der Waals surface area contributed by atoms with Gasteiger partial charge >= 0.3 is 0 Å². The standard InChI is InChI=1S/C21H20N4O2S/c1-12-9-10-18(13(2)11-12)25-20(26)16-7-5-6-8-17(16)23-21(25)28-14(3)19-22-15(4)24-27-19/h5-11,14H,1-4H3. The van der Waals surface area contributed by atoms with Crippen LogP contribution in [0.15, 0.2) is 56.9 Å². The molecule has 2 heterocycles. The molecule has 0 radical (unpaired) electrons. The van der Waals surface area contributed by atoms with Gasteiger partial charge in [0.1, 0.15) is 0 Å². The summed E-state index contributed by atoms with van der Waals surface area (Å²) in [5.41, 5.74) is 3.57. The zero-order valence-electron chi connectivity index (χ0n) is 16.1. The van der Waals surface area contributed by atoms with Gasteiger partial charge < -0.3 is 4.52 Å². The van der Waals surface area contributed by atoms with E-state index < -0.39 is 0 Å². The summed E-state index contributed by atoms with van der Waals surface area (Å²) in [6.07, 6.45) is 0. The Bertz CT molecular complexity index is 1230. The van der Waals surface area contributed by atoms with Gasteiger partial charge in [-0.15, -0.1) is 0 Å². The first-order chi connectivity index (χ1) is 13.4. The lowest BCUT2D eigenvalue weighted by molar-refractivity contribution is 0.376. The first-order valence-corrected chi connectivity index (χ1v) is 9.88. The highest BCUT2D eigenvalue weighted by Gasteiger charge is 2.21. The lowest BCUT2D eigenvalue weighted by Crippen LogP contribution is -2.22. The molecule has 0 aliphatic heterocycles. The summed E-state index contributed by atoms with van der Waals surface area (Å²) in [7, 11) is 0. The van der Waals surface area contributed by atoms with Crippen molar-refractivity contribution in [1.29, 1.82) is 0 Å². The average molecular weight is 392 g/mol. The summed E-state index contributed by atoms with van der Waals surface area (Å²) in [5, 5.41) is 4.90. The second-order valence-electron chi connectivity index (χ2n) is 6.78. The highest BCUT2D eigenvalue weighted by Crippen LogP contribution is 2.34. The van der Waals surface area contributed by atoms with Crippen LogP contribution in [0.2, 0.25) is 0 Å². The van der Waals surface area contributed by atoms with Crippen molar-refractivity contribution in [2.45, 2.75) is 38.1 Å². The van der Waals surface area contributed by atoms with Crippen molar-refractivity contribution in [2.75, 3.05) is 0 Å². The Labute approximate surface area is 166 Å². The van der Waals surface area contributed by atoms with E-state index >= 15 is 0 Å². The van der Waals surface area contributed by atoms with Gasteiger partial charge in [-0.05, 0) is 51.5 Å². The number of aryl methyl sites for hydroxylation is 3. The van der Waals surface area contributed by atoms with E-state index in [2.05, 4.69) is 16.2 Å². The minimum atomic E-state index is -0.147. The van der Waals surface area contributed by atoms with Gasteiger partial charge in [0.05, 0.1) is 21.8 Å². The summed E-state index contributed by atoms with van der Waals surface area (Å²) < 4.78 is 6.99. The molecule has 0 amide bonds. The first-order valence-electron chi connectivity index (χ1n) is 9.00. The van der Waals surface area contributed by atoms with Crippen LogP contribution in [0, 0.1) is 20.8 Å². The van der Waals surface area contributed by atoms with Crippen LogP contribution < -0.4 is 5.56 Å². The summed E-state index contributed by atoms with van der Waals surface area (Å²) in [6, 6.07) is 13.4. The van der Waals surface area contributed by atoms with Gasteiger partial charge in [0.25, 0.3) is 5.56 Å². The fourth-order valence-electron chi connectivity index (χ4n) is 3.15. The zero-order chi connectivity index (χ0) is 19.8. The molecule has 0 fully saturated rings. The highest BCUT2D eigenvalue weighted by atomic mass is 32.2. The zero-order valence-corrected chi connectivity index (χ0v) is 16.9. The average Bonchev–Trinajstić information content (AvgIpc) is 3.10. The Morgan fingerprint density at radius 3 is 2.57 bits per heavy atom. The van der Waals surface area contributed by atoms with E-state index in [1.807, 2.05) is 57.2 Å². The van der Waals surface area contributed by atoms with Crippen molar-refractivity contribution >= 4 is 22.7 Å². The molecular formula is C21H20N4O2S. The molecule has 2 aromatic carbocycles. The molecule has 0 bridgehead atoms. The van der Waals surface area contributed by atoms with Gasteiger partial charge in [-0.1, -0.05) is 46.7 Å². The molecule has 0 aliphatic carbocycles. The molecule has 28 heavy (non-hydrogen) atoms. The van der Waals surface area contributed by atoms with Gasteiger partial charge in [-0.3, -0.25) is 9.36 Å². The first kappa shape index (κ1) is 18.4. The number of para-hydroxylation sites is 1. The topological polar surface area (TPSA) is 73.8 Å². The third-order valence-corrected chi connectivity index (χ3v) is 5.55. The molecule has 0 saturated heterocycles. The minimum Gasteiger partial charge on any atom is -0.338 e. The Kier molecular flexibility index (Phi) is 4.77. The highest BCUT2D eigenvalue weighted by molar-refractivity contribution is 7.99. The van der Waals surface area contributed by atoms with Crippen LogP contribution >= 0.6 is 11.8 Å². The molecule has 2 aromatic heterocycles. The van der Waals surface area contributed by atoms with E-state index in [1.54, 1.807) is 11.5 Å². The van der Waals surface area contributed by atoms with Crippen molar-refractivity contribution in [1.82, 2.24) is 19.7 Å². The van der Waals surface area contributed by atoms with E-state index in [0.29, 0.717) is 27.8 Å². The Balaban J connectivity index is 1.92. The van der Waals surface area contributed by atoms with Crippen LogP contribution in [0.1, 0.15) is 35.0 Å². The van der Waals surface area contributed by atoms with Gasteiger partial charge in [0.2, 0.25) is 5.89 Å². The second-order valence-corrected chi connectivity index (χ2v) is 8.09. The van der Waals surface area contributed by atoms with Crippen molar-refractivity contribution in [3.05, 3.63) is 75.7 Å². The van der Waals surface area contributed by atoms with Crippen molar-refractivity contribution in [3.63, 3.8) is 0 Å². The fourth-order valence-corrected chi connectivity index (χ4v) is 4.10. The number of thioether (sulfide) groups is 1. The van der Waals surface area contributed by atoms with E-state index in [-0.39, 0.29) is 10.8 Å². The molecule has 4 rings (SSSR count). The molecule has 0 N–H and O–H groups in total. The molecule has 7 heteroatoms. The molecule has 0 saturated carbocycles. The monoisotopic (exact) mass is 392 g/mol. The number of rotatable bonds is 4. The molecule has 6 nitrogen and oxygen atoms in total. The van der Waals surface area contributed by atoms with Crippen LogP contribution in [0.25, 0.3) is 16.6 Å². The number of hydrogen-bond acceptors (Lipinski definition) is 6. The number of fused-ring (bicyclic) bond motifs is 1. The third-order valence-electron chi connectivity index (χ3n) is 4.51. The SMILES string of the molecule is Cc1ccc(-n2c(SC(C)c3nc(C)no3)nc3ccccc3c2=O)c(C)c1. The summed E-state index contributed by atoms with van der Waals surface area (Å²) >= 11 is 1.43. The van der Waals surface area contributed by atoms with Gasteiger partial charge in [-0.2, -0.15) is 4.98 Å². The van der Waals surface area contributed by atoms with Gasteiger partial charge in [-0.25, -0.2) is 4.98 Å². The Morgan fingerprint density at radius 2 is 1.86 bits per heavy atom. The number of hydrogen-bond donors (Lipinski definition) is 0. The van der Waals surface area contributed by atoms with Crippen LogP contribution in [0.5, 0.6) is 0 Å². The van der Waals surface area contributed by atoms with E-state index in [0.717, 1.165) is 16.8 Å². The number of benzene rings is 2.